The standard InChI is InChI=1S/C36H66O/c1-4-7-10-13-16-19-22-25-28-33-31-32-36(37)35(30-27-24-21-18-15-12-9-6-3)34(33)29-26-23-20-17-14-11-8-5-2/h31-32,37H,4-30H2,1-3H3. The van der Waals surface area contributed by atoms with Gasteiger partial charge < -0.3 is 5.11 Å². The van der Waals surface area contributed by atoms with Crippen molar-refractivity contribution < 1.29 is 5.11 Å². The van der Waals surface area contributed by atoms with Crippen molar-refractivity contribution in [1.29, 1.82) is 0 Å². The van der Waals surface area contributed by atoms with E-state index in [1.165, 1.54) is 178 Å². The lowest BCUT2D eigenvalue weighted by atomic mass is 9.89. The van der Waals surface area contributed by atoms with E-state index in [0.717, 1.165) is 6.42 Å². The Labute approximate surface area is 233 Å². The molecule has 0 aliphatic carbocycles. The lowest BCUT2D eigenvalue weighted by Crippen LogP contribution is -2.03. The fourth-order valence-electron chi connectivity index (χ4n) is 5.87. The van der Waals surface area contributed by atoms with E-state index in [2.05, 4.69) is 26.8 Å². The molecule has 0 saturated carbocycles. The number of hydrogen-bond donors (Lipinski definition) is 1. The van der Waals surface area contributed by atoms with E-state index in [9.17, 15) is 5.11 Å². The van der Waals surface area contributed by atoms with Crippen molar-refractivity contribution in [2.45, 2.75) is 194 Å². The molecule has 0 saturated heterocycles. The topological polar surface area (TPSA) is 20.2 Å². The van der Waals surface area contributed by atoms with E-state index in [0.29, 0.717) is 5.75 Å². The largest absolute Gasteiger partial charge is 0.508 e. The summed E-state index contributed by atoms with van der Waals surface area (Å²) in [6.45, 7) is 6.89. The molecule has 0 amide bonds. The van der Waals surface area contributed by atoms with Crippen LogP contribution in [0.1, 0.15) is 192 Å². The van der Waals surface area contributed by atoms with Gasteiger partial charge in [-0.25, -0.2) is 0 Å². The molecule has 1 rings (SSSR count). The number of rotatable bonds is 27. The van der Waals surface area contributed by atoms with Crippen LogP contribution in [0, 0.1) is 0 Å². The Morgan fingerprint density at radius 2 is 0.703 bits per heavy atom. The molecule has 0 fully saturated rings. The van der Waals surface area contributed by atoms with Crippen molar-refractivity contribution in [3.8, 4) is 5.75 Å². The lowest BCUT2D eigenvalue weighted by molar-refractivity contribution is 0.463. The maximum absolute atomic E-state index is 10.9. The highest BCUT2D eigenvalue weighted by Gasteiger charge is 2.13. The predicted molar refractivity (Wildman–Crippen MR) is 167 cm³/mol. The molecule has 0 heterocycles. The summed E-state index contributed by atoms with van der Waals surface area (Å²) in [5, 5.41) is 10.9. The van der Waals surface area contributed by atoms with Crippen molar-refractivity contribution in [3.63, 3.8) is 0 Å². The molecular formula is C36H66O. The fourth-order valence-corrected chi connectivity index (χ4v) is 5.87. The average Bonchev–Trinajstić information content (AvgIpc) is 2.90. The number of benzene rings is 1. The normalized spacial score (nSPS) is 11.4. The third kappa shape index (κ3) is 18.0. The summed E-state index contributed by atoms with van der Waals surface area (Å²) in [6, 6.07) is 4.27. The van der Waals surface area contributed by atoms with Crippen LogP contribution < -0.4 is 0 Å². The zero-order valence-electron chi connectivity index (χ0n) is 25.7. The third-order valence-corrected chi connectivity index (χ3v) is 8.36. The Morgan fingerprint density at radius 1 is 0.378 bits per heavy atom. The molecule has 0 radical (unpaired) electrons. The monoisotopic (exact) mass is 515 g/mol. The molecule has 1 heteroatoms. The Balaban J connectivity index is 2.57. The van der Waals surface area contributed by atoms with E-state index < -0.39 is 0 Å². The van der Waals surface area contributed by atoms with Gasteiger partial charge in [0.25, 0.3) is 0 Å². The van der Waals surface area contributed by atoms with Crippen LogP contribution in [-0.2, 0) is 19.3 Å². The van der Waals surface area contributed by atoms with E-state index in [4.69, 9.17) is 0 Å². The average molecular weight is 515 g/mol. The van der Waals surface area contributed by atoms with Crippen LogP contribution in [-0.4, -0.2) is 5.11 Å². The molecule has 216 valence electrons. The van der Waals surface area contributed by atoms with E-state index in [1.807, 2.05) is 6.07 Å². The summed E-state index contributed by atoms with van der Waals surface area (Å²) < 4.78 is 0. The summed E-state index contributed by atoms with van der Waals surface area (Å²) in [4.78, 5) is 0. The predicted octanol–water partition coefficient (Wildman–Crippen LogP) is 12.4. The lowest BCUT2D eigenvalue weighted by Gasteiger charge is -2.17. The smallest absolute Gasteiger partial charge is 0.119 e. The molecule has 0 aliphatic heterocycles. The number of unbranched alkanes of at least 4 members (excludes halogenated alkanes) is 21. The van der Waals surface area contributed by atoms with Gasteiger partial charge in [0.15, 0.2) is 0 Å². The van der Waals surface area contributed by atoms with Gasteiger partial charge in [-0.05, 0) is 61.3 Å². The maximum atomic E-state index is 10.9. The first kappa shape index (κ1) is 34.0. The van der Waals surface area contributed by atoms with Gasteiger partial charge in [-0.3, -0.25) is 0 Å². The minimum Gasteiger partial charge on any atom is -0.508 e. The number of aryl methyl sites for hydroxylation is 1. The first-order chi connectivity index (χ1) is 18.2. The molecule has 0 aromatic heterocycles. The Kier molecular flexibility index (Phi) is 23.3. The van der Waals surface area contributed by atoms with Gasteiger partial charge in [0.05, 0.1) is 0 Å². The van der Waals surface area contributed by atoms with Crippen LogP contribution in [0.15, 0.2) is 12.1 Å². The maximum Gasteiger partial charge on any atom is 0.119 e. The van der Waals surface area contributed by atoms with Gasteiger partial charge in [0.1, 0.15) is 5.75 Å². The Morgan fingerprint density at radius 3 is 1.11 bits per heavy atom. The molecule has 0 atom stereocenters. The summed E-state index contributed by atoms with van der Waals surface area (Å²) in [7, 11) is 0. The highest BCUT2D eigenvalue weighted by molar-refractivity contribution is 5.45. The highest BCUT2D eigenvalue weighted by atomic mass is 16.3. The van der Waals surface area contributed by atoms with Crippen molar-refractivity contribution in [3.05, 3.63) is 28.8 Å². The van der Waals surface area contributed by atoms with Crippen LogP contribution >= 0.6 is 0 Å². The van der Waals surface area contributed by atoms with E-state index in [1.54, 1.807) is 5.56 Å². The van der Waals surface area contributed by atoms with Crippen molar-refractivity contribution in [2.24, 2.45) is 0 Å². The van der Waals surface area contributed by atoms with Crippen LogP contribution in [0.25, 0.3) is 0 Å². The molecule has 0 bridgehead atoms. The molecule has 0 unspecified atom stereocenters. The molecule has 0 spiro atoms. The fraction of sp³-hybridized carbons (Fsp3) is 0.833. The first-order valence-corrected chi connectivity index (χ1v) is 17.1. The van der Waals surface area contributed by atoms with Crippen molar-refractivity contribution >= 4 is 0 Å². The second kappa shape index (κ2) is 25.3. The second-order valence-corrected chi connectivity index (χ2v) is 11.9. The quantitative estimate of drug-likeness (QED) is 0.116. The van der Waals surface area contributed by atoms with Gasteiger partial charge in [-0.1, -0.05) is 162 Å². The SMILES string of the molecule is CCCCCCCCCCc1ccc(O)c(CCCCCCCCCC)c1CCCCCCCCCC. The molecule has 1 aromatic rings. The highest BCUT2D eigenvalue weighted by Crippen LogP contribution is 2.30. The minimum atomic E-state index is 0.567. The van der Waals surface area contributed by atoms with Crippen molar-refractivity contribution in [1.82, 2.24) is 0 Å². The Hall–Kier alpha value is -0.980. The van der Waals surface area contributed by atoms with Crippen LogP contribution in [0.2, 0.25) is 0 Å². The summed E-state index contributed by atoms with van der Waals surface area (Å²) in [5.41, 5.74) is 4.36. The van der Waals surface area contributed by atoms with Gasteiger partial charge >= 0.3 is 0 Å². The van der Waals surface area contributed by atoms with Crippen LogP contribution in [0.4, 0.5) is 0 Å². The number of phenols is 1. The zero-order chi connectivity index (χ0) is 26.8. The van der Waals surface area contributed by atoms with Gasteiger partial charge in [-0.2, -0.15) is 0 Å². The molecular weight excluding hydrogens is 448 g/mol. The minimum absolute atomic E-state index is 0.567. The summed E-state index contributed by atoms with van der Waals surface area (Å²) >= 11 is 0. The van der Waals surface area contributed by atoms with E-state index in [-0.39, 0.29) is 0 Å². The summed E-state index contributed by atoms with van der Waals surface area (Å²) in [6.07, 6.45) is 36.2. The molecule has 1 aromatic carbocycles. The third-order valence-electron chi connectivity index (χ3n) is 8.36. The second-order valence-electron chi connectivity index (χ2n) is 11.9. The summed E-state index contributed by atoms with van der Waals surface area (Å²) in [5.74, 6) is 0.567. The van der Waals surface area contributed by atoms with Gasteiger partial charge in [0.2, 0.25) is 0 Å². The first-order valence-electron chi connectivity index (χ1n) is 17.1. The number of aromatic hydroxyl groups is 1. The van der Waals surface area contributed by atoms with Gasteiger partial charge in [0, 0.05) is 0 Å². The zero-order valence-corrected chi connectivity index (χ0v) is 25.7. The molecule has 0 aliphatic rings. The number of hydrogen-bond acceptors (Lipinski definition) is 1. The molecule has 37 heavy (non-hydrogen) atoms. The molecule has 1 nitrogen and oxygen atoms in total. The van der Waals surface area contributed by atoms with E-state index >= 15 is 0 Å². The number of phenolic OH excluding ortho intramolecular Hbond substituents is 1. The Bertz CT molecular complexity index is 619. The van der Waals surface area contributed by atoms with Crippen LogP contribution in [0.3, 0.4) is 0 Å². The van der Waals surface area contributed by atoms with Crippen molar-refractivity contribution in [2.75, 3.05) is 0 Å². The van der Waals surface area contributed by atoms with Gasteiger partial charge in [-0.15, -0.1) is 0 Å². The molecule has 1 N–H and O–H groups in total. The van der Waals surface area contributed by atoms with Crippen LogP contribution in [0.5, 0.6) is 5.75 Å².